The summed E-state index contributed by atoms with van der Waals surface area (Å²) >= 11 is 0.639. The number of nitrogens with one attached hydrogen (secondary N) is 1. The molecule has 2 rings (SSSR count). The number of hydrogen-bond donors (Lipinski definition) is 4. The van der Waals surface area contributed by atoms with E-state index in [1.54, 1.807) is 0 Å². The summed E-state index contributed by atoms with van der Waals surface area (Å²) in [6, 6.07) is 10.2. The van der Waals surface area contributed by atoms with E-state index >= 15 is 0 Å². The first-order valence-corrected chi connectivity index (χ1v) is 11.2. The second-order valence-electron chi connectivity index (χ2n) is 6.90. The van der Waals surface area contributed by atoms with Crippen molar-refractivity contribution in [2.75, 3.05) is 5.75 Å². The Morgan fingerprint density at radius 3 is 2.03 bits per heavy atom. The normalized spacial score (nSPS) is 13.9. The fourth-order valence-electron chi connectivity index (χ4n) is 2.40. The Morgan fingerprint density at radius 2 is 1.58 bits per heavy atom. The third kappa shape index (κ3) is 5.94. The van der Waals surface area contributed by atoms with E-state index in [0.29, 0.717) is 17.5 Å². The highest BCUT2D eigenvalue weighted by molar-refractivity contribution is 8.01. The van der Waals surface area contributed by atoms with E-state index in [4.69, 9.17) is 15.6 Å². The molecule has 0 fully saturated rings. The van der Waals surface area contributed by atoms with Gasteiger partial charge >= 0.3 is 5.97 Å². The predicted octanol–water partition coefficient (Wildman–Crippen LogP) is 1.67. The van der Waals surface area contributed by atoms with Gasteiger partial charge in [-0.1, -0.05) is 0 Å². The van der Waals surface area contributed by atoms with E-state index in [1.165, 1.54) is 62.4 Å². The zero-order chi connectivity index (χ0) is 23.4. The lowest BCUT2D eigenvalue weighted by Crippen LogP contribution is -2.67. The number of aliphatic hydroxyl groups is 1. The van der Waals surface area contributed by atoms with Crippen molar-refractivity contribution < 1.29 is 37.3 Å². The van der Waals surface area contributed by atoms with Gasteiger partial charge in [-0.05, 0) is 62.4 Å². The molecular weight excluding hydrogens is 451 g/mol. The molecule has 12 heteroatoms. The van der Waals surface area contributed by atoms with Gasteiger partial charge in [-0.2, -0.15) is 4.72 Å². The van der Waals surface area contributed by atoms with Crippen LogP contribution in [0.3, 0.4) is 0 Å². The highest BCUT2D eigenvalue weighted by Crippen LogP contribution is 2.35. The largest absolute Gasteiger partial charge is 0.481 e. The SMILES string of the molecule is CC(C)(SCC(=O)O)C(O)(NS(=O)(=O)c1ccc(Oc2ccc(F)cc2)cc1)C(N)=O. The van der Waals surface area contributed by atoms with Crippen LogP contribution in [0.15, 0.2) is 53.4 Å². The van der Waals surface area contributed by atoms with Gasteiger partial charge < -0.3 is 20.7 Å². The quantitative estimate of drug-likeness (QED) is 0.381. The van der Waals surface area contributed by atoms with E-state index in [1.807, 2.05) is 4.72 Å². The third-order valence-electron chi connectivity index (χ3n) is 4.25. The van der Waals surface area contributed by atoms with E-state index < -0.39 is 43.9 Å². The smallest absolute Gasteiger partial charge is 0.313 e. The maximum atomic E-state index is 13.0. The molecule has 0 aromatic heterocycles. The Morgan fingerprint density at radius 1 is 1.10 bits per heavy atom. The lowest BCUT2D eigenvalue weighted by atomic mass is 9.99. The summed E-state index contributed by atoms with van der Waals surface area (Å²) in [6.45, 7) is 2.57. The van der Waals surface area contributed by atoms with Crippen LogP contribution in [-0.2, 0) is 19.6 Å². The topological polar surface area (TPSA) is 156 Å². The van der Waals surface area contributed by atoms with Crippen LogP contribution in [0, 0.1) is 5.82 Å². The van der Waals surface area contributed by atoms with Gasteiger partial charge in [-0.3, -0.25) is 9.59 Å². The molecule has 0 bridgehead atoms. The minimum Gasteiger partial charge on any atom is -0.481 e. The molecule has 5 N–H and O–H groups in total. The number of aliphatic carboxylic acids is 1. The number of carboxylic acid groups (broad SMARTS) is 1. The van der Waals surface area contributed by atoms with Crippen molar-refractivity contribution in [2.24, 2.45) is 5.73 Å². The summed E-state index contributed by atoms with van der Waals surface area (Å²) in [5.74, 6) is -2.96. The maximum absolute atomic E-state index is 13.0. The minimum atomic E-state index is -4.45. The molecule has 168 valence electrons. The Balaban J connectivity index is 2.25. The number of amides is 1. The molecule has 31 heavy (non-hydrogen) atoms. The van der Waals surface area contributed by atoms with Crippen LogP contribution in [0.25, 0.3) is 0 Å². The number of carbonyl (C=O) groups excluding carboxylic acids is 1. The first-order valence-electron chi connectivity index (χ1n) is 8.72. The third-order valence-corrected chi connectivity index (χ3v) is 7.12. The summed E-state index contributed by atoms with van der Waals surface area (Å²) in [4.78, 5) is 22.5. The minimum absolute atomic E-state index is 0.257. The van der Waals surface area contributed by atoms with Crippen molar-refractivity contribution in [1.82, 2.24) is 4.72 Å². The van der Waals surface area contributed by atoms with Crippen molar-refractivity contribution >= 4 is 33.7 Å². The number of primary amides is 1. The Labute approximate surface area is 182 Å². The fraction of sp³-hybridized carbons (Fsp3) is 0.263. The van der Waals surface area contributed by atoms with Crippen LogP contribution >= 0.6 is 11.8 Å². The van der Waals surface area contributed by atoms with Gasteiger partial charge in [0.2, 0.25) is 15.7 Å². The number of thioether (sulfide) groups is 1. The summed E-state index contributed by atoms with van der Waals surface area (Å²) in [7, 11) is -4.45. The molecular formula is C19H21FN2O7S2. The molecule has 2 aromatic rings. The molecule has 0 heterocycles. The molecule has 0 spiro atoms. The number of halogens is 1. The Hall–Kier alpha value is -2.67. The molecule has 1 atom stereocenters. The van der Waals surface area contributed by atoms with Crippen molar-refractivity contribution in [2.45, 2.75) is 29.2 Å². The van der Waals surface area contributed by atoms with Crippen LogP contribution in [0.5, 0.6) is 11.5 Å². The van der Waals surface area contributed by atoms with Crippen LogP contribution < -0.4 is 15.2 Å². The lowest BCUT2D eigenvalue weighted by molar-refractivity contribution is -0.140. The first kappa shape index (κ1) is 24.6. The number of nitrogens with two attached hydrogens (primary N) is 1. The first-order chi connectivity index (χ1) is 14.3. The summed E-state index contributed by atoms with van der Waals surface area (Å²) in [5, 5.41) is 19.6. The average molecular weight is 473 g/mol. The molecule has 0 saturated carbocycles. The van der Waals surface area contributed by atoms with E-state index in [0.717, 1.165) is 0 Å². The van der Waals surface area contributed by atoms with Crippen LogP contribution in [0.1, 0.15) is 13.8 Å². The zero-order valence-corrected chi connectivity index (χ0v) is 18.2. The molecule has 0 aliphatic rings. The van der Waals surface area contributed by atoms with E-state index in [9.17, 15) is 27.5 Å². The van der Waals surface area contributed by atoms with Gasteiger partial charge in [-0.25, -0.2) is 12.8 Å². The molecule has 0 aliphatic carbocycles. The van der Waals surface area contributed by atoms with Crippen molar-refractivity contribution in [1.29, 1.82) is 0 Å². The average Bonchev–Trinajstić information content (AvgIpc) is 2.68. The molecule has 1 amide bonds. The number of carboxylic acids is 1. The summed E-state index contributed by atoms with van der Waals surface area (Å²) < 4.78 is 44.2. The number of hydrogen-bond acceptors (Lipinski definition) is 7. The van der Waals surface area contributed by atoms with Crippen LogP contribution in [0.4, 0.5) is 4.39 Å². The standard InChI is InChI=1S/C19H21FN2O7S2/c1-18(2,30-11-16(23)24)19(26,17(21)25)22-31(27,28)15-9-7-14(8-10-15)29-13-5-3-12(20)4-6-13/h3-10,22,26H,11H2,1-2H3,(H2,21,25)(H,23,24). The van der Waals surface area contributed by atoms with Gasteiger partial charge in [-0.15, -0.1) is 11.8 Å². The summed E-state index contributed by atoms with van der Waals surface area (Å²) in [5.41, 5.74) is 2.46. The number of benzene rings is 2. The van der Waals surface area contributed by atoms with Gasteiger partial charge in [0.15, 0.2) is 0 Å². The number of ether oxygens (including phenoxy) is 1. The highest BCUT2D eigenvalue weighted by Gasteiger charge is 2.52. The molecule has 1 unspecified atom stereocenters. The van der Waals surface area contributed by atoms with Crippen LogP contribution in [0.2, 0.25) is 0 Å². The molecule has 0 aliphatic heterocycles. The molecule has 0 radical (unpaired) electrons. The molecule has 2 aromatic carbocycles. The fourth-order valence-corrected chi connectivity index (χ4v) is 4.66. The molecule has 0 saturated heterocycles. The molecule has 9 nitrogen and oxygen atoms in total. The second kappa shape index (κ2) is 9.22. The monoisotopic (exact) mass is 472 g/mol. The Bertz CT molecular complexity index is 1060. The second-order valence-corrected chi connectivity index (χ2v) is 10.2. The number of rotatable bonds is 10. The van der Waals surface area contributed by atoms with E-state index in [-0.39, 0.29) is 10.6 Å². The van der Waals surface area contributed by atoms with Crippen molar-refractivity contribution in [3.05, 3.63) is 54.3 Å². The predicted molar refractivity (Wildman–Crippen MR) is 112 cm³/mol. The maximum Gasteiger partial charge on any atom is 0.313 e. The van der Waals surface area contributed by atoms with Crippen molar-refractivity contribution in [3.63, 3.8) is 0 Å². The van der Waals surface area contributed by atoms with Gasteiger partial charge in [0.25, 0.3) is 5.91 Å². The Kier molecular flexibility index (Phi) is 7.32. The summed E-state index contributed by atoms with van der Waals surface area (Å²) in [6.07, 6.45) is 0. The highest BCUT2D eigenvalue weighted by atomic mass is 32.2. The van der Waals surface area contributed by atoms with Gasteiger partial charge in [0.05, 0.1) is 15.4 Å². The van der Waals surface area contributed by atoms with Gasteiger partial charge in [0.1, 0.15) is 17.3 Å². The van der Waals surface area contributed by atoms with Crippen LogP contribution in [-0.4, -0.2) is 46.7 Å². The number of carbonyl (C=O) groups is 2. The lowest BCUT2D eigenvalue weighted by Gasteiger charge is -2.39. The number of sulfonamides is 1. The van der Waals surface area contributed by atoms with E-state index in [2.05, 4.69) is 0 Å². The van der Waals surface area contributed by atoms with Crippen molar-refractivity contribution in [3.8, 4) is 11.5 Å². The van der Waals surface area contributed by atoms with Gasteiger partial charge in [0, 0.05) is 0 Å². The zero-order valence-electron chi connectivity index (χ0n) is 16.5.